The second-order valence-electron chi connectivity index (χ2n) is 5.67. The van der Waals surface area contributed by atoms with Gasteiger partial charge >= 0.3 is 0 Å². The summed E-state index contributed by atoms with van der Waals surface area (Å²) in [5.41, 5.74) is 0.729. The van der Waals surface area contributed by atoms with Gasteiger partial charge in [0.05, 0.1) is 6.61 Å². The average Bonchev–Trinajstić information content (AvgIpc) is 2.46. The molecule has 1 saturated heterocycles. The van der Waals surface area contributed by atoms with Crippen LogP contribution < -0.4 is 10.6 Å². The fourth-order valence-corrected chi connectivity index (χ4v) is 2.16. The van der Waals surface area contributed by atoms with Gasteiger partial charge in [-0.1, -0.05) is 26.0 Å². The molecule has 21 heavy (non-hydrogen) atoms. The second kappa shape index (κ2) is 7.73. The van der Waals surface area contributed by atoms with Crippen molar-refractivity contribution in [3.8, 4) is 0 Å². The zero-order valence-electron chi connectivity index (χ0n) is 12.3. The fourth-order valence-electron chi connectivity index (χ4n) is 2.16. The van der Waals surface area contributed by atoms with Crippen LogP contribution in [0.5, 0.6) is 0 Å². The van der Waals surface area contributed by atoms with Crippen LogP contribution in [0.25, 0.3) is 0 Å². The van der Waals surface area contributed by atoms with Crippen molar-refractivity contribution in [2.45, 2.75) is 25.4 Å². The molecule has 6 heteroatoms. The summed E-state index contributed by atoms with van der Waals surface area (Å²) in [5.74, 6) is -0.359. The largest absolute Gasteiger partial charge is 0.366 e. The lowest BCUT2D eigenvalue weighted by Gasteiger charge is -2.28. The third kappa shape index (κ3) is 4.95. The minimum Gasteiger partial charge on any atom is -0.366 e. The van der Waals surface area contributed by atoms with E-state index in [9.17, 15) is 9.18 Å². The minimum atomic E-state index is -0.423. The second-order valence-corrected chi connectivity index (χ2v) is 5.67. The van der Waals surface area contributed by atoms with Gasteiger partial charge in [-0.25, -0.2) is 4.39 Å². The van der Waals surface area contributed by atoms with Gasteiger partial charge in [-0.05, 0) is 17.7 Å². The molecular formula is C15H22ClFN2O2. The molecule has 0 aliphatic carbocycles. The van der Waals surface area contributed by atoms with Crippen LogP contribution in [0.4, 0.5) is 4.39 Å². The van der Waals surface area contributed by atoms with Crippen LogP contribution >= 0.6 is 12.4 Å². The van der Waals surface area contributed by atoms with Gasteiger partial charge < -0.3 is 15.4 Å². The van der Waals surface area contributed by atoms with Crippen LogP contribution in [0.2, 0.25) is 0 Å². The lowest BCUT2D eigenvalue weighted by atomic mass is 9.84. The van der Waals surface area contributed by atoms with Crippen LogP contribution in [0, 0.1) is 5.82 Å². The Balaban J connectivity index is 0.00000220. The average molecular weight is 317 g/mol. The van der Waals surface area contributed by atoms with E-state index in [2.05, 4.69) is 10.6 Å². The minimum absolute atomic E-state index is 0. The van der Waals surface area contributed by atoms with Gasteiger partial charge in [-0.15, -0.1) is 12.4 Å². The van der Waals surface area contributed by atoms with Gasteiger partial charge in [-0.3, -0.25) is 4.79 Å². The summed E-state index contributed by atoms with van der Waals surface area (Å²) in [6.45, 7) is 6.39. The highest BCUT2D eigenvalue weighted by atomic mass is 35.5. The monoisotopic (exact) mass is 316 g/mol. The molecule has 1 aliphatic rings. The maximum Gasteiger partial charge on any atom is 0.250 e. The molecule has 1 heterocycles. The molecule has 1 aromatic rings. The number of carbonyl (C=O) groups excluding carboxylic acids is 1. The Morgan fingerprint density at radius 2 is 2.10 bits per heavy atom. The summed E-state index contributed by atoms with van der Waals surface area (Å²) in [4.78, 5) is 12.0. The molecule has 0 radical (unpaired) electrons. The highest BCUT2D eigenvalue weighted by Gasteiger charge is 2.25. The number of benzene rings is 1. The zero-order chi connectivity index (χ0) is 14.6. The van der Waals surface area contributed by atoms with Crippen molar-refractivity contribution in [1.29, 1.82) is 0 Å². The van der Waals surface area contributed by atoms with Crippen molar-refractivity contribution in [2.75, 3.05) is 26.2 Å². The Morgan fingerprint density at radius 1 is 1.43 bits per heavy atom. The van der Waals surface area contributed by atoms with Crippen molar-refractivity contribution in [1.82, 2.24) is 10.6 Å². The fraction of sp³-hybridized carbons (Fsp3) is 0.533. The van der Waals surface area contributed by atoms with Crippen molar-refractivity contribution in [3.63, 3.8) is 0 Å². The topological polar surface area (TPSA) is 50.4 Å². The normalized spacial score (nSPS) is 18.7. The van der Waals surface area contributed by atoms with Crippen LogP contribution in [0.1, 0.15) is 19.4 Å². The van der Waals surface area contributed by atoms with Crippen LogP contribution in [0.3, 0.4) is 0 Å². The van der Waals surface area contributed by atoms with Crippen molar-refractivity contribution < 1.29 is 13.9 Å². The van der Waals surface area contributed by atoms with Gasteiger partial charge in [0.2, 0.25) is 5.91 Å². The summed E-state index contributed by atoms with van der Waals surface area (Å²) in [7, 11) is 0. The van der Waals surface area contributed by atoms with E-state index in [0.29, 0.717) is 19.7 Å². The highest BCUT2D eigenvalue weighted by Crippen LogP contribution is 2.22. The Hall–Kier alpha value is -1.17. The standard InChI is InChI=1S/C15H21FN2O2.ClH/c1-15(2,11-3-5-12(16)6-4-11)10-18-14(19)13-9-17-7-8-20-13;/h3-6,13,17H,7-10H2,1-2H3,(H,18,19);1H. The van der Waals surface area contributed by atoms with Crippen molar-refractivity contribution >= 4 is 18.3 Å². The van der Waals surface area contributed by atoms with E-state index in [1.54, 1.807) is 12.1 Å². The first-order valence-electron chi connectivity index (χ1n) is 6.85. The number of amides is 1. The van der Waals surface area contributed by atoms with Gasteiger partial charge in [0.1, 0.15) is 11.9 Å². The van der Waals surface area contributed by atoms with Gasteiger partial charge in [0, 0.05) is 25.0 Å². The number of ether oxygens (including phenoxy) is 1. The molecule has 0 bridgehead atoms. The quantitative estimate of drug-likeness (QED) is 0.887. The molecule has 1 fully saturated rings. The predicted molar refractivity (Wildman–Crippen MR) is 82.3 cm³/mol. The van der Waals surface area contributed by atoms with Gasteiger partial charge in [-0.2, -0.15) is 0 Å². The lowest BCUT2D eigenvalue weighted by molar-refractivity contribution is -0.134. The summed E-state index contributed by atoms with van der Waals surface area (Å²) in [6.07, 6.45) is -0.423. The number of hydrogen-bond donors (Lipinski definition) is 2. The Kier molecular flexibility index (Phi) is 6.58. The molecule has 1 amide bonds. The molecule has 1 aliphatic heterocycles. The Morgan fingerprint density at radius 3 is 2.67 bits per heavy atom. The number of hydrogen-bond acceptors (Lipinski definition) is 3. The first-order chi connectivity index (χ1) is 9.49. The van der Waals surface area contributed by atoms with E-state index in [4.69, 9.17) is 4.74 Å². The maximum atomic E-state index is 12.9. The summed E-state index contributed by atoms with van der Waals surface area (Å²) < 4.78 is 18.3. The van der Waals surface area contributed by atoms with E-state index in [1.165, 1.54) is 12.1 Å². The van der Waals surface area contributed by atoms with E-state index in [0.717, 1.165) is 12.1 Å². The Labute approximate surface area is 130 Å². The Bertz CT molecular complexity index is 459. The molecule has 118 valence electrons. The van der Waals surface area contributed by atoms with Crippen molar-refractivity contribution in [2.24, 2.45) is 0 Å². The van der Waals surface area contributed by atoms with Crippen LogP contribution in [-0.2, 0) is 14.9 Å². The van der Waals surface area contributed by atoms with Crippen LogP contribution in [0.15, 0.2) is 24.3 Å². The molecule has 1 unspecified atom stereocenters. The van der Waals surface area contributed by atoms with Gasteiger partial charge in [0.15, 0.2) is 0 Å². The SMILES string of the molecule is CC(C)(CNC(=O)C1CNCCO1)c1ccc(F)cc1.Cl. The summed E-state index contributed by atoms with van der Waals surface area (Å²) in [5, 5.41) is 6.03. The first kappa shape index (κ1) is 17.9. The molecule has 0 spiro atoms. The number of carbonyl (C=O) groups is 1. The molecule has 2 N–H and O–H groups in total. The number of halogens is 2. The number of nitrogens with one attached hydrogen (secondary N) is 2. The van der Waals surface area contributed by atoms with Crippen LogP contribution in [-0.4, -0.2) is 38.3 Å². The van der Waals surface area contributed by atoms with Gasteiger partial charge in [0.25, 0.3) is 0 Å². The molecule has 1 aromatic carbocycles. The van der Waals surface area contributed by atoms with E-state index < -0.39 is 6.10 Å². The molecule has 0 saturated carbocycles. The number of morpholine rings is 1. The van der Waals surface area contributed by atoms with Crippen molar-refractivity contribution in [3.05, 3.63) is 35.6 Å². The van der Waals surface area contributed by atoms with E-state index in [-0.39, 0.29) is 29.5 Å². The molecular weight excluding hydrogens is 295 g/mol. The lowest BCUT2D eigenvalue weighted by Crippen LogP contribution is -2.49. The number of rotatable bonds is 4. The smallest absolute Gasteiger partial charge is 0.250 e. The predicted octanol–water partition coefficient (Wildman–Crippen LogP) is 1.63. The molecule has 1 atom stereocenters. The zero-order valence-corrected chi connectivity index (χ0v) is 13.1. The molecule has 0 aromatic heterocycles. The molecule has 4 nitrogen and oxygen atoms in total. The molecule has 2 rings (SSSR count). The third-order valence-electron chi connectivity index (χ3n) is 3.55. The van der Waals surface area contributed by atoms with E-state index >= 15 is 0 Å². The highest BCUT2D eigenvalue weighted by molar-refractivity contribution is 5.85. The maximum absolute atomic E-state index is 12.9. The summed E-state index contributed by atoms with van der Waals surface area (Å²) >= 11 is 0. The van der Waals surface area contributed by atoms with E-state index in [1.807, 2.05) is 13.8 Å². The first-order valence-corrected chi connectivity index (χ1v) is 6.85. The summed E-state index contributed by atoms with van der Waals surface area (Å²) in [6, 6.07) is 6.38. The third-order valence-corrected chi connectivity index (χ3v) is 3.55.